The number of nitrogens with one attached hydrogen (secondary N) is 2. The van der Waals surface area contributed by atoms with Crippen molar-refractivity contribution in [2.75, 3.05) is 11.9 Å². The van der Waals surface area contributed by atoms with Gasteiger partial charge in [0.25, 0.3) is 5.91 Å². The van der Waals surface area contributed by atoms with Crippen LogP contribution in [-0.4, -0.2) is 40.4 Å². The fourth-order valence-corrected chi connectivity index (χ4v) is 5.52. The minimum atomic E-state index is -0.505. The predicted molar refractivity (Wildman–Crippen MR) is 153 cm³/mol. The molecule has 1 amide bonds. The van der Waals surface area contributed by atoms with Crippen molar-refractivity contribution in [3.05, 3.63) is 125 Å². The van der Waals surface area contributed by atoms with Crippen LogP contribution in [0.5, 0.6) is 0 Å². The molecule has 0 spiro atoms. The summed E-state index contributed by atoms with van der Waals surface area (Å²) >= 11 is 0. The van der Waals surface area contributed by atoms with Gasteiger partial charge < -0.3 is 20.6 Å². The van der Waals surface area contributed by atoms with E-state index < -0.39 is 6.04 Å². The summed E-state index contributed by atoms with van der Waals surface area (Å²) in [5.74, 6) is -0.238. The van der Waals surface area contributed by atoms with Crippen molar-refractivity contribution in [2.24, 2.45) is 0 Å². The normalized spacial score (nSPS) is 19.9. The number of carbonyl (C=O) groups is 2. The maximum Gasteiger partial charge on any atom is 0.256 e. The number of allylic oxidation sites excluding steroid dienone is 2. The molecule has 39 heavy (non-hydrogen) atoms. The van der Waals surface area contributed by atoms with Crippen LogP contribution >= 0.6 is 0 Å². The van der Waals surface area contributed by atoms with Gasteiger partial charge in [0.15, 0.2) is 5.78 Å². The highest BCUT2D eigenvalue weighted by atomic mass is 16.3. The number of nitrogens with zero attached hydrogens (tertiary/aromatic N) is 1. The maximum absolute atomic E-state index is 13.6. The number of fused-ring (bicyclic) bond motifs is 2. The van der Waals surface area contributed by atoms with E-state index in [0.717, 1.165) is 40.3 Å². The average Bonchev–Trinajstić information content (AvgIpc) is 3.36. The summed E-state index contributed by atoms with van der Waals surface area (Å²) in [7, 11) is 0. The number of benzene rings is 3. The number of aryl methyl sites for hydroxylation is 1. The van der Waals surface area contributed by atoms with Crippen molar-refractivity contribution < 1.29 is 14.7 Å². The first-order valence-electron chi connectivity index (χ1n) is 13.4. The van der Waals surface area contributed by atoms with Crippen LogP contribution in [0, 0.1) is 6.92 Å². The molecule has 0 fully saturated rings. The van der Waals surface area contributed by atoms with Gasteiger partial charge in [-0.1, -0.05) is 54.1 Å². The largest absolute Gasteiger partial charge is 0.393 e. The van der Waals surface area contributed by atoms with E-state index in [9.17, 15) is 14.7 Å². The molecule has 196 valence electrons. The molecule has 1 unspecified atom stereocenters. The highest BCUT2D eigenvalue weighted by Gasteiger charge is 2.32. The third-order valence-corrected chi connectivity index (χ3v) is 7.63. The van der Waals surface area contributed by atoms with E-state index in [1.54, 1.807) is 24.3 Å². The number of hydrogen-bond donors (Lipinski definition) is 3. The zero-order valence-corrected chi connectivity index (χ0v) is 21.9. The van der Waals surface area contributed by atoms with E-state index in [-0.39, 0.29) is 17.8 Å². The molecule has 0 bridgehead atoms. The fourth-order valence-electron chi connectivity index (χ4n) is 5.52. The van der Waals surface area contributed by atoms with Crippen molar-refractivity contribution >= 4 is 17.4 Å². The molecule has 0 radical (unpaired) electrons. The number of hydrogen-bond acceptors (Lipinski definition) is 5. The number of carbonyl (C=O) groups excluding carboxylic acids is 2. The third-order valence-electron chi connectivity index (χ3n) is 7.63. The smallest absolute Gasteiger partial charge is 0.256 e. The van der Waals surface area contributed by atoms with Gasteiger partial charge in [0, 0.05) is 46.9 Å². The summed E-state index contributed by atoms with van der Waals surface area (Å²) in [4.78, 5) is 28.9. The Morgan fingerprint density at radius 2 is 1.77 bits per heavy atom. The number of anilines is 1. The summed E-state index contributed by atoms with van der Waals surface area (Å²) in [5.41, 5.74) is 7.88. The van der Waals surface area contributed by atoms with E-state index in [1.165, 1.54) is 0 Å². The van der Waals surface area contributed by atoms with Gasteiger partial charge >= 0.3 is 0 Å². The molecule has 0 aromatic heterocycles. The average molecular weight is 518 g/mol. The first-order chi connectivity index (χ1) is 19.0. The highest BCUT2D eigenvalue weighted by molar-refractivity contribution is 6.09. The second-order valence-corrected chi connectivity index (χ2v) is 10.4. The van der Waals surface area contributed by atoms with Gasteiger partial charge in [-0.25, -0.2) is 0 Å². The molecule has 3 N–H and O–H groups in total. The summed E-state index contributed by atoms with van der Waals surface area (Å²) in [6, 6.07) is 22.2. The lowest BCUT2D eigenvalue weighted by Gasteiger charge is -2.30. The van der Waals surface area contributed by atoms with Gasteiger partial charge in [-0.15, -0.1) is 0 Å². The zero-order valence-electron chi connectivity index (χ0n) is 21.9. The summed E-state index contributed by atoms with van der Waals surface area (Å²) < 4.78 is 0. The molecule has 3 aromatic carbocycles. The van der Waals surface area contributed by atoms with Gasteiger partial charge in [-0.2, -0.15) is 0 Å². The first-order valence-corrected chi connectivity index (χ1v) is 13.4. The first kappa shape index (κ1) is 24.9. The molecule has 2 heterocycles. The molecule has 6 rings (SSSR count). The number of amides is 1. The quantitative estimate of drug-likeness (QED) is 0.385. The Labute approximate surface area is 228 Å². The van der Waals surface area contributed by atoms with Crippen molar-refractivity contribution in [1.82, 2.24) is 10.2 Å². The van der Waals surface area contributed by atoms with Gasteiger partial charge in [-0.05, 0) is 73.4 Å². The molecular weight excluding hydrogens is 486 g/mol. The predicted octanol–water partition coefficient (Wildman–Crippen LogP) is 5.58. The van der Waals surface area contributed by atoms with Crippen LogP contribution < -0.4 is 10.6 Å². The van der Waals surface area contributed by atoms with Crippen LogP contribution in [0.2, 0.25) is 0 Å². The number of aliphatic hydroxyl groups excluding tert-OH is 1. The topological polar surface area (TPSA) is 81.7 Å². The molecule has 2 atom stereocenters. The Hall–Kier alpha value is -4.42. The van der Waals surface area contributed by atoms with Gasteiger partial charge in [0.2, 0.25) is 0 Å². The van der Waals surface area contributed by atoms with Gasteiger partial charge in [0.1, 0.15) is 6.04 Å². The number of aliphatic hydroxyl groups is 1. The van der Waals surface area contributed by atoms with E-state index in [2.05, 4.69) is 21.6 Å². The molecular formula is C33H31N3O3. The Morgan fingerprint density at radius 3 is 2.56 bits per heavy atom. The fraction of sp³-hybridized carbons (Fsp3) is 0.212. The second kappa shape index (κ2) is 10.4. The van der Waals surface area contributed by atoms with Crippen LogP contribution in [0.4, 0.5) is 5.69 Å². The van der Waals surface area contributed by atoms with Crippen LogP contribution in [0.15, 0.2) is 108 Å². The molecule has 1 aliphatic carbocycles. The minimum Gasteiger partial charge on any atom is -0.393 e. The maximum atomic E-state index is 13.6. The zero-order chi connectivity index (χ0) is 26.9. The Kier molecular flexibility index (Phi) is 6.63. The monoisotopic (exact) mass is 517 g/mol. The third kappa shape index (κ3) is 5.03. The number of ketones is 1. The lowest BCUT2D eigenvalue weighted by atomic mass is 9.96. The molecule has 3 aromatic rings. The van der Waals surface area contributed by atoms with Crippen LogP contribution in [0.25, 0.3) is 11.1 Å². The Morgan fingerprint density at radius 1 is 1.00 bits per heavy atom. The molecule has 3 aliphatic rings. The standard InChI is InChI=1S/C33H31N3O3/c1-21-8-10-22(11-9-21)27-6-2-3-7-28(27)33(39)34-24-14-12-23(13-15-24)32(38)30-19-25-5-4-18-36(25)31-20-26(37)16-17-29(31)35-30/h2-15,19,26,30,35,37H,16-18,20H2,1H3,(H,34,39)/t26-,30?/m1/s1. The van der Waals surface area contributed by atoms with Crippen molar-refractivity contribution in [3.63, 3.8) is 0 Å². The Balaban J connectivity index is 1.20. The van der Waals surface area contributed by atoms with Crippen molar-refractivity contribution in [3.8, 4) is 11.1 Å². The Bertz CT molecular complexity index is 1520. The van der Waals surface area contributed by atoms with Crippen LogP contribution in [0.3, 0.4) is 0 Å². The molecule has 2 aliphatic heterocycles. The second-order valence-electron chi connectivity index (χ2n) is 10.4. The van der Waals surface area contributed by atoms with Crippen molar-refractivity contribution in [2.45, 2.75) is 38.3 Å². The summed E-state index contributed by atoms with van der Waals surface area (Å²) in [6.45, 7) is 2.79. The molecule has 0 saturated heterocycles. The van der Waals surface area contributed by atoms with Crippen molar-refractivity contribution in [1.29, 1.82) is 0 Å². The summed E-state index contributed by atoms with van der Waals surface area (Å²) in [5, 5.41) is 16.7. The van der Waals surface area contributed by atoms with E-state index in [1.807, 2.05) is 67.6 Å². The molecule has 6 nitrogen and oxygen atoms in total. The molecule has 6 heteroatoms. The number of rotatable bonds is 5. The van der Waals surface area contributed by atoms with Gasteiger partial charge in [-0.3, -0.25) is 9.59 Å². The van der Waals surface area contributed by atoms with Crippen LogP contribution in [0.1, 0.15) is 45.5 Å². The lowest BCUT2D eigenvalue weighted by Crippen LogP contribution is -2.36. The lowest BCUT2D eigenvalue weighted by molar-refractivity contribution is 0.0965. The minimum absolute atomic E-state index is 0.0368. The molecule has 0 saturated carbocycles. The highest BCUT2D eigenvalue weighted by Crippen LogP contribution is 2.34. The SMILES string of the molecule is Cc1ccc(-c2ccccc2C(=O)Nc2ccc(C(=O)C3C=C4C=CCN4C4=C(CC[C@@H](O)C4)N3)cc2)cc1. The van der Waals surface area contributed by atoms with E-state index in [4.69, 9.17) is 0 Å². The van der Waals surface area contributed by atoms with Crippen LogP contribution in [-0.2, 0) is 0 Å². The summed E-state index contributed by atoms with van der Waals surface area (Å²) in [6.07, 6.45) is 7.71. The van der Waals surface area contributed by atoms with E-state index in [0.29, 0.717) is 36.1 Å². The van der Waals surface area contributed by atoms with Gasteiger partial charge in [0.05, 0.1) is 6.10 Å². The number of Topliss-reactive ketones (excluding diaryl/α,β-unsaturated/α-hetero) is 1. The van der Waals surface area contributed by atoms with E-state index >= 15 is 0 Å².